The van der Waals surface area contributed by atoms with E-state index in [2.05, 4.69) is 6.58 Å². The van der Waals surface area contributed by atoms with E-state index >= 15 is 0 Å². The zero-order chi connectivity index (χ0) is 15.7. The van der Waals surface area contributed by atoms with Crippen LogP contribution in [0, 0.1) is 0 Å². The molecule has 0 aliphatic rings. The molecule has 0 fully saturated rings. The summed E-state index contributed by atoms with van der Waals surface area (Å²) < 4.78 is 5.44. The average Bonchev–Trinajstić information content (AvgIpc) is 2.51. The highest BCUT2D eigenvalue weighted by molar-refractivity contribution is 6.33. The number of rotatable bonds is 3. The Labute approximate surface area is 132 Å². The minimum absolute atomic E-state index is 0.0843. The van der Waals surface area contributed by atoms with Gasteiger partial charge in [0, 0.05) is 21.5 Å². The van der Waals surface area contributed by atoms with Crippen molar-refractivity contribution in [1.82, 2.24) is 0 Å². The first-order valence-corrected chi connectivity index (χ1v) is 7.14. The number of allylic oxidation sites excluding steroid dienone is 1. The first-order chi connectivity index (χ1) is 10.6. The van der Waals surface area contributed by atoms with Crippen molar-refractivity contribution in [2.24, 2.45) is 0 Å². The van der Waals surface area contributed by atoms with Gasteiger partial charge < -0.3 is 9.52 Å². The summed E-state index contributed by atoms with van der Waals surface area (Å²) in [6.45, 7) is 3.65. The minimum atomic E-state index is -0.489. The summed E-state index contributed by atoms with van der Waals surface area (Å²) in [6, 6.07) is 12.1. The second kappa shape index (κ2) is 5.70. The summed E-state index contributed by atoms with van der Waals surface area (Å²) in [6.07, 6.45) is 2.06. The Bertz CT molecular complexity index is 925. The van der Waals surface area contributed by atoms with Gasteiger partial charge in [0.15, 0.2) is 0 Å². The van der Waals surface area contributed by atoms with Crippen LogP contribution in [-0.4, -0.2) is 5.11 Å². The highest BCUT2D eigenvalue weighted by atomic mass is 35.5. The van der Waals surface area contributed by atoms with Gasteiger partial charge in [-0.2, -0.15) is 0 Å². The lowest BCUT2D eigenvalue weighted by Gasteiger charge is -2.08. The number of phenolic OH excluding ortho intramolecular Hbond substituents is 1. The highest BCUT2D eigenvalue weighted by Gasteiger charge is 2.14. The lowest BCUT2D eigenvalue weighted by molar-refractivity contribution is 0.467. The average molecular weight is 313 g/mol. The van der Waals surface area contributed by atoms with Crippen molar-refractivity contribution in [3.05, 3.63) is 76.1 Å². The molecule has 3 nitrogen and oxygen atoms in total. The zero-order valence-corrected chi connectivity index (χ0v) is 12.4. The number of phenols is 1. The Kier molecular flexibility index (Phi) is 3.73. The van der Waals surface area contributed by atoms with E-state index in [4.69, 9.17) is 16.0 Å². The van der Waals surface area contributed by atoms with Gasteiger partial charge in [0.1, 0.15) is 11.3 Å². The molecule has 0 aliphatic carbocycles. The van der Waals surface area contributed by atoms with Crippen molar-refractivity contribution in [1.29, 1.82) is 0 Å². The maximum Gasteiger partial charge on any atom is 0.344 e. The largest absolute Gasteiger partial charge is 0.508 e. The molecule has 0 atom stereocenters. The number of benzene rings is 2. The lowest BCUT2D eigenvalue weighted by Crippen LogP contribution is -2.04. The van der Waals surface area contributed by atoms with Crippen molar-refractivity contribution in [2.75, 3.05) is 0 Å². The maximum atomic E-state index is 12.3. The van der Waals surface area contributed by atoms with Crippen LogP contribution in [0.3, 0.4) is 0 Å². The fourth-order valence-corrected chi connectivity index (χ4v) is 2.68. The van der Waals surface area contributed by atoms with Crippen molar-refractivity contribution in [2.45, 2.75) is 6.42 Å². The van der Waals surface area contributed by atoms with E-state index in [-0.39, 0.29) is 5.75 Å². The molecule has 0 saturated heterocycles. The maximum absolute atomic E-state index is 12.3. The summed E-state index contributed by atoms with van der Waals surface area (Å²) in [5.41, 5.74) is 1.46. The zero-order valence-electron chi connectivity index (χ0n) is 11.7. The molecule has 1 N–H and O–H groups in total. The number of hydrogen-bond donors (Lipinski definition) is 1. The lowest BCUT2D eigenvalue weighted by atomic mass is 10.0. The molecule has 3 aromatic rings. The standard InChI is InChI=1S/C18H13ClO3/c1-2-5-13-16(20)9-8-11-10-14(18(21)22-17(11)13)12-6-3-4-7-15(12)19/h2-4,6-10,20H,1,5H2. The van der Waals surface area contributed by atoms with Crippen LogP contribution in [0.5, 0.6) is 5.75 Å². The quantitative estimate of drug-likeness (QED) is 0.570. The van der Waals surface area contributed by atoms with E-state index in [1.807, 2.05) is 6.07 Å². The minimum Gasteiger partial charge on any atom is -0.508 e. The molecule has 1 aromatic heterocycles. The fraction of sp³-hybridized carbons (Fsp3) is 0.0556. The molecular weight excluding hydrogens is 300 g/mol. The highest BCUT2D eigenvalue weighted by Crippen LogP contribution is 2.31. The molecule has 3 rings (SSSR count). The van der Waals surface area contributed by atoms with Gasteiger partial charge in [-0.3, -0.25) is 0 Å². The van der Waals surface area contributed by atoms with Crippen LogP contribution in [-0.2, 0) is 6.42 Å². The third kappa shape index (κ3) is 2.40. The third-order valence-electron chi connectivity index (χ3n) is 3.49. The van der Waals surface area contributed by atoms with Gasteiger partial charge in [-0.15, -0.1) is 6.58 Å². The first kappa shape index (κ1) is 14.4. The number of halogens is 1. The van der Waals surface area contributed by atoms with Crippen LogP contribution in [0.25, 0.3) is 22.1 Å². The van der Waals surface area contributed by atoms with E-state index in [1.54, 1.807) is 42.5 Å². The SMILES string of the molecule is C=CCc1c(O)ccc2cc(-c3ccccc3Cl)c(=O)oc12. The normalized spacial score (nSPS) is 10.8. The molecule has 1 heterocycles. The second-order valence-corrected chi connectivity index (χ2v) is 5.31. The van der Waals surface area contributed by atoms with Gasteiger partial charge in [0.2, 0.25) is 0 Å². The summed E-state index contributed by atoms with van der Waals surface area (Å²) >= 11 is 6.15. The van der Waals surface area contributed by atoms with Gasteiger partial charge in [-0.1, -0.05) is 35.9 Å². The molecule has 0 unspecified atom stereocenters. The number of aromatic hydroxyl groups is 1. The molecule has 0 radical (unpaired) electrons. The van der Waals surface area contributed by atoms with Gasteiger partial charge in [0.25, 0.3) is 0 Å². The molecule has 2 aromatic carbocycles. The molecule has 0 spiro atoms. The summed E-state index contributed by atoms with van der Waals surface area (Å²) in [5, 5.41) is 11.1. The van der Waals surface area contributed by atoms with Crippen molar-refractivity contribution in [3.63, 3.8) is 0 Å². The predicted molar refractivity (Wildman–Crippen MR) is 88.5 cm³/mol. The van der Waals surface area contributed by atoms with Crippen molar-refractivity contribution >= 4 is 22.6 Å². The number of hydrogen-bond acceptors (Lipinski definition) is 3. The van der Waals surface area contributed by atoms with Crippen LogP contribution in [0.15, 0.2) is 64.3 Å². The molecule has 4 heteroatoms. The molecule has 0 saturated carbocycles. The van der Waals surface area contributed by atoms with Crippen LogP contribution >= 0.6 is 11.6 Å². The Balaban J connectivity index is 2.31. The van der Waals surface area contributed by atoms with Gasteiger partial charge in [-0.25, -0.2) is 4.79 Å². The summed E-state index contributed by atoms with van der Waals surface area (Å²) in [4.78, 5) is 12.3. The Morgan fingerprint density at radius 3 is 2.68 bits per heavy atom. The van der Waals surface area contributed by atoms with Crippen molar-refractivity contribution in [3.8, 4) is 16.9 Å². The smallest absolute Gasteiger partial charge is 0.344 e. The van der Waals surface area contributed by atoms with Crippen LogP contribution < -0.4 is 5.63 Å². The third-order valence-corrected chi connectivity index (χ3v) is 3.82. The van der Waals surface area contributed by atoms with E-state index in [0.717, 1.165) is 5.39 Å². The Morgan fingerprint density at radius 2 is 1.95 bits per heavy atom. The summed E-state index contributed by atoms with van der Waals surface area (Å²) in [5.74, 6) is 0.0843. The molecule has 0 bridgehead atoms. The second-order valence-electron chi connectivity index (χ2n) is 4.90. The van der Waals surface area contributed by atoms with Gasteiger partial charge in [0.05, 0.1) is 5.56 Å². The van der Waals surface area contributed by atoms with Gasteiger partial charge in [-0.05, 0) is 30.7 Å². The van der Waals surface area contributed by atoms with E-state index in [9.17, 15) is 9.90 Å². The molecule has 110 valence electrons. The van der Waals surface area contributed by atoms with E-state index in [0.29, 0.717) is 33.7 Å². The Morgan fingerprint density at radius 1 is 1.18 bits per heavy atom. The number of fused-ring (bicyclic) bond motifs is 1. The molecule has 0 aliphatic heterocycles. The van der Waals surface area contributed by atoms with Crippen molar-refractivity contribution < 1.29 is 9.52 Å². The first-order valence-electron chi connectivity index (χ1n) is 6.76. The molecule has 0 amide bonds. The monoisotopic (exact) mass is 312 g/mol. The van der Waals surface area contributed by atoms with Crippen LogP contribution in [0.1, 0.15) is 5.56 Å². The predicted octanol–water partition coefficient (Wildman–Crippen LogP) is 4.55. The topological polar surface area (TPSA) is 50.4 Å². The fourth-order valence-electron chi connectivity index (χ4n) is 2.44. The van der Waals surface area contributed by atoms with Crippen LogP contribution in [0.2, 0.25) is 5.02 Å². The van der Waals surface area contributed by atoms with Gasteiger partial charge >= 0.3 is 5.63 Å². The molecule has 22 heavy (non-hydrogen) atoms. The molecular formula is C18H13ClO3. The Hall–Kier alpha value is -2.52. The van der Waals surface area contributed by atoms with E-state index < -0.39 is 5.63 Å². The summed E-state index contributed by atoms with van der Waals surface area (Å²) in [7, 11) is 0. The van der Waals surface area contributed by atoms with Crippen LogP contribution in [0.4, 0.5) is 0 Å². The van der Waals surface area contributed by atoms with E-state index in [1.165, 1.54) is 0 Å².